The number of furan rings is 1. The Balaban J connectivity index is 1.96. The number of rotatable bonds is 8. The van der Waals surface area contributed by atoms with Crippen molar-refractivity contribution in [2.45, 2.75) is 26.7 Å². The van der Waals surface area contributed by atoms with Gasteiger partial charge in [0.1, 0.15) is 0 Å². The van der Waals surface area contributed by atoms with Gasteiger partial charge < -0.3 is 14.5 Å². The Labute approximate surface area is 102 Å². The van der Waals surface area contributed by atoms with Crippen molar-refractivity contribution in [3.05, 3.63) is 24.2 Å². The third-order valence-electron chi connectivity index (χ3n) is 2.35. The zero-order chi connectivity index (χ0) is 12.5. The van der Waals surface area contributed by atoms with Crippen LogP contribution in [0.5, 0.6) is 0 Å². The highest BCUT2D eigenvalue weighted by molar-refractivity contribution is 5.86. The van der Waals surface area contributed by atoms with Gasteiger partial charge in [0.25, 0.3) is 0 Å². The monoisotopic (exact) mass is 239 g/mol. The van der Waals surface area contributed by atoms with Crippen molar-refractivity contribution >= 4 is 5.97 Å². The van der Waals surface area contributed by atoms with Gasteiger partial charge in [-0.25, -0.2) is 4.79 Å². The molecule has 0 aliphatic carbocycles. The van der Waals surface area contributed by atoms with Crippen LogP contribution in [0.25, 0.3) is 0 Å². The van der Waals surface area contributed by atoms with E-state index < -0.39 is 5.97 Å². The van der Waals surface area contributed by atoms with E-state index >= 15 is 0 Å². The SMILES string of the molecule is CC(C)CCNCCCOC(=O)c1ccco1. The number of hydrogen-bond donors (Lipinski definition) is 1. The minimum absolute atomic E-state index is 0.262. The normalized spacial score (nSPS) is 10.8. The molecule has 0 fully saturated rings. The molecule has 0 unspecified atom stereocenters. The van der Waals surface area contributed by atoms with E-state index in [1.54, 1.807) is 12.1 Å². The van der Waals surface area contributed by atoms with E-state index in [4.69, 9.17) is 9.15 Å². The molecule has 4 heteroatoms. The fraction of sp³-hybridized carbons (Fsp3) is 0.615. The first-order chi connectivity index (χ1) is 8.20. The minimum Gasteiger partial charge on any atom is -0.460 e. The second-order valence-electron chi connectivity index (χ2n) is 4.40. The van der Waals surface area contributed by atoms with Gasteiger partial charge in [0.15, 0.2) is 0 Å². The molecule has 1 heterocycles. The smallest absolute Gasteiger partial charge is 0.374 e. The number of carbonyl (C=O) groups is 1. The number of hydrogen-bond acceptors (Lipinski definition) is 4. The molecule has 1 N–H and O–H groups in total. The number of esters is 1. The highest BCUT2D eigenvalue weighted by Crippen LogP contribution is 2.02. The highest BCUT2D eigenvalue weighted by atomic mass is 16.5. The summed E-state index contributed by atoms with van der Waals surface area (Å²) in [7, 11) is 0. The van der Waals surface area contributed by atoms with Crippen LogP contribution in [0, 0.1) is 5.92 Å². The standard InChI is InChI=1S/C13H21NO3/c1-11(2)6-8-14-7-4-10-17-13(15)12-5-3-9-16-12/h3,5,9,11,14H,4,6-8,10H2,1-2H3. The number of nitrogens with one attached hydrogen (secondary N) is 1. The summed E-state index contributed by atoms with van der Waals surface area (Å²) in [5.41, 5.74) is 0. The Kier molecular flexibility index (Phi) is 6.40. The van der Waals surface area contributed by atoms with Crippen molar-refractivity contribution in [3.63, 3.8) is 0 Å². The third-order valence-corrected chi connectivity index (χ3v) is 2.35. The van der Waals surface area contributed by atoms with Crippen LogP contribution in [0.2, 0.25) is 0 Å². The van der Waals surface area contributed by atoms with Crippen LogP contribution >= 0.6 is 0 Å². The molecule has 96 valence electrons. The summed E-state index contributed by atoms with van der Waals surface area (Å²) in [5.74, 6) is 0.592. The molecule has 0 saturated carbocycles. The number of ether oxygens (including phenoxy) is 1. The van der Waals surface area contributed by atoms with E-state index in [2.05, 4.69) is 19.2 Å². The lowest BCUT2D eigenvalue weighted by molar-refractivity contribution is 0.0464. The predicted octanol–water partition coefficient (Wildman–Crippen LogP) is 2.46. The average molecular weight is 239 g/mol. The topological polar surface area (TPSA) is 51.5 Å². The molecule has 17 heavy (non-hydrogen) atoms. The van der Waals surface area contributed by atoms with Gasteiger partial charge in [-0.05, 0) is 44.0 Å². The van der Waals surface area contributed by atoms with Crippen LogP contribution in [-0.2, 0) is 4.74 Å². The van der Waals surface area contributed by atoms with Gasteiger partial charge in [0.05, 0.1) is 12.9 Å². The Hall–Kier alpha value is -1.29. The molecule has 0 atom stereocenters. The molecule has 4 nitrogen and oxygen atoms in total. The van der Waals surface area contributed by atoms with Crippen molar-refractivity contribution in [2.75, 3.05) is 19.7 Å². The van der Waals surface area contributed by atoms with E-state index in [1.165, 1.54) is 12.7 Å². The second-order valence-corrected chi connectivity index (χ2v) is 4.40. The lowest BCUT2D eigenvalue weighted by Crippen LogP contribution is -2.20. The molecule has 0 saturated heterocycles. The second kappa shape index (κ2) is 7.90. The van der Waals surface area contributed by atoms with Crippen molar-refractivity contribution in [3.8, 4) is 0 Å². The van der Waals surface area contributed by atoms with E-state index in [1.807, 2.05) is 0 Å². The maximum Gasteiger partial charge on any atom is 0.374 e. The van der Waals surface area contributed by atoms with Gasteiger partial charge in [0, 0.05) is 0 Å². The van der Waals surface area contributed by atoms with Crippen molar-refractivity contribution in [2.24, 2.45) is 5.92 Å². The Morgan fingerprint density at radius 3 is 2.94 bits per heavy atom. The summed E-state index contributed by atoms with van der Waals surface area (Å²) in [4.78, 5) is 11.3. The zero-order valence-corrected chi connectivity index (χ0v) is 10.6. The van der Waals surface area contributed by atoms with Crippen LogP contribution in [0.1, 0.15) is 37.2 Å². The zero-order valence-electron chi connectivity index (χ0n) is 10.6. The van der Waals surface area contributed by atoms with E-state index in [9.17, 15) is 4.79 Å². The Bertz CT molecular complexity index is 306. The summed E-state index contributed by atoms with van der Waals surface area (Å²) < 4.78 is 9.97. The molecule has 0 aliphatic rings. The average Bonchev–Trinajstić information content (AvgIpc) is 2.80. The molecule has 0 bridgehead atoms. The quantitative estimate of drug-likeness (QED) is 0.559. The molecular weight excluding hydrogens is 218 g/mol. The highest BCUT2D eigenvalue weighted by Gasteiger charge is 2.08. The molecule has 1 aromatic rings. The molecule has 1 rings (SSSR count). The molecular formula is C13H21NO3. The molecule has 0 radical (unpaired) electrons. The largest absolute Gasteiger partial charge is 0.460 e. The van der Waals surface area contributed by atoms with E-state index in [0.29, 0.717) is 6.61 Å². The minimum atomic E-state index is -0.391. The van der Waals surface area contributed by atoms with Gasteiger partial charge in [-0.2, -0.15) is 0 Å². The number of carbonyl (C=O) groups excluding carboxylic acids is 1. The predicted molar refractivity (Wildman–Crippen MR) is 65.9 cm³/mol. The lowest BCUT2D eigenvalue weighted by Gasteiger charge is -2.07. The van der Waals surface area contributed by atoms with Gasteiger partial charge in [-0.1, -0.05) is 13.8 Å². The first kappa shape index (κ1) is 13.8. The van der Waals surface area contributed by atoms with Gasteiger partial charge in [0.2, 0.25) is 5.76 Å². The summed E-state index contributed by atoms with van der Waals surface area (Å²) in [6.45, 7) is 6.72. The van der Waals surface area contributed by atoms with Gasteiger partial charge in [-0.3, -0.25) is 0 Å². The maximum absolute atomic E-state index is 11.3. The van der Waals surface area contributed by atoms with Gasteiger partial charge >= 0.3 is 5.97 Å². The van der Waals surface area contributed by atoms with Crippen molar-refractivity contribution < 1.29 is 13.9 Å². The fourth-order valence-electron chi connectivity index (χ4n) is 1.34. The summed E-state index contributed by atoms with van der Waals surface area (Å²) in [5, 5.41) is 3.31. The lowest BCUT2D eigenvalue weighted by atomic mass is 10.1. The van der Waals surface area contributed by atoms with Crippen LogP contribution in [0.4, 0.5) is 0 Å². The van der Waals surface area contributed by atoms with Crippen molar-refractivity contribution in [1.82, 2.24) is 5.32 Å². The van der Waals surface area contributed by atoms with Crippen molar-refractivity contribution in [1.29, 1.82) is 0 Å². The van der Waals surface area contributed by atoms with Crippen LogP contribution < -0.4 is 5.32 Å². The van der Waals surface area contributed by atoms with Crippen LogP contribution in [0.15, 0.2) is 22.8 Å². The van der Waals surface area contributed by atoms with Crippen LogP contribution in [0.3, 0.4) is 0 Å². The molecule has 0 spiro atoms. The van der Waals surface area contributed by atoms with E-state index in [-0.39, 0.29) is 5.76 Å². The molecule has 0 aliphatic heterocycles. The van der Waals surface area contributed by atoms with Gasteiger partial charge in [-0.15, -0.1) is 0 Å². The first-order valence-electron chi connectivity index (χ1n) is 6.11. The van der Waals surface area contributed by atoms with E-state index in [0.717, 1.165) is 25.4 Å². The Morgan fingerprint density at radius 2 is 2.29 bits per heavy atom. The van der Waals surface area contributed by atoms with Crippen LogP contribution in [-0.4, -0.2) is 25.7 Å². The molecule has 1 aromatic heterocycles. The first-order valence-corrected chi connectivity index (χ1v) is 6.11. The molecule has 0 aromatic carbocycles. The summed E-state index contributed by atoms with van der Waals surface area (Å²) in [6.07, 6.45) is 3.46. The fourth-order valence-corrected chi connectivity index (χ4v) is 1.34. The summed E-state index contributed by atoms with van der Waals surface area (Å²) >= 11 is 0. The molecule has 0 amide bonds. The Morgan fingerprint density at radius 1 is 1.47 bits per heavy atom. The third kappa shape index (κ3) is 6.12. The summed E-state index contributed by atoms with van der Waals surface area (Å²) in [6, 6.07) is 3.27. The maximum atomic E-state index is 11.3.